The fourth-order valence-electron chi connectivity index (χ4n) is 3.76. The lowest BCUT2D eigenvalue weighted by atomic mass is 9.99. The van der Waals surface area contributed by atoms with Gasteiger partial charge in [0, 0.05) is 31.6 Å². The second kappa shape index (κ2) is 9.92. The number of aliphatic imine (C=N–C) groups is 2. The van der Waals surface area contributed by atoms with Crippen LogP contribution < -0.4 is 5.32 Å². The van der Waals surface area contributed by atoms with E-state index in [-0.39, 0.29) is 17.8 Å². The lowest BCUT2D eigenvalue weighted by molar-refractivity contribution is -0.113. The van der Waals surface area contributed by atoms with Gasteiger partial charge in [-0.25, -0.2) is 9.79 Å². The summed E-state index contributed by atoms with van der Waals surface area (Å²) in [6, 6.07) is 11.8. The zero-order chi connectivity index (χ0) is 24.3. The summed E-state index contributed by atoms with van der Waals surface area (Å²) in [4.78, 5) is 37.8. The number of thioether (sulfide) groups is 1. The standard InChI is InChI=1S/C25H30N4O3S2/c1-17-7-9-18(10-8-17)26-20(30)16-34-22-21(19-6-5-15-33-19)27-25(28-22)11-13-29(14-12-25)23(31)32-24(2,3)4/h5-10,15H,11-14,16H2,1-4H3,(H,26,30). The molecule has 2 amide bonds. The Labute approximate surface area is 208 Å². The van der Waals surface area contributed by atoms with Crippen LogP contribution in [0.1, 0.15) is 44.1 Å². The van der Waals surface area contributed by atoms with Crippen LogP contribution in [0.4, 0.5) is 10.5 Å². The van der Waals surface area contributed by atoms with Crippen LogP contribution in [0.2, 0.25) is 0 Å². The Morgan fingerprint density at radius 3 is 2.47 bits per heavy atom. The monoisotopic (exact) mass is 498 g/mol. The SMILES string of the molecule is Cc1ccc(NC(=O)CSC2=NC3(CCN(C(=O)OC(C)(C)C)CC3)N=C2c2cccs2)cc1. The molecular weight excluding hydrogens is 468 g/mol. The first kappa shape index (κ1) is 24.5. The molecule has 2 aliphatic rings. The van der Waals surface area contributed by atoms with E-state index in [2.05, 4.69) is 5.32 Å². The van der Waals surface area contributed by atoms with E-state index in [1.807, 2.05) is 69.5 Å². The number of thiophene rings is 1. The third kappa shape index (κ3) is 6.07. The molecule has 1 aromatic heterocycles. The van der Waals surface area contributed by atoms with Crippen molar-refractivity contribution in [3.8, 4) is 0 Å². The molecule has 1 saturated heterocycles. The fourth-order valence-corrected chi connectivity index (χ4v) is 5.41. The molecule has 0 aliphatic carbocycles. The molecular formula is C25H30N4O3S2. The molecule has 4 rings (SSSR count). The van der Waals surface area contributed by atoms with Gasteiger partial charge in [0.05, 0.1) is 10.6 Å². The Hall–Kier alpha value is -2.65. The molecule has 1 spiro atoms. The van der Waals surface area contributed by atoms with E-state index < -0.39 is 11.3 Å². The molecule has 1 N–H and O–H groups in total. The van der Waals surface area contributed by atoms with Gasteiger partial charge in [-0.15, -0.1) is 11.3 Å². The molecule has 180 valence electrons. The number of hydrogen-bond acceptors (Lipinski definition) is 7. The molecule has 3 heterocycles. The normalized spacial score (nSPS) is 17.4. The highest BCUT2D eigenvalue weighted by atomic mass is 32.2. The van der Waals surface area contributed by atoms with Crippen molar-refractivity contribution >= 4 is 51.5 Å². The number of rotatable bonds is 4. The number of aryl methyl sites for hydroxylation is 1. The van der Waals surface area contributed by atoms with Crippen LogP contribution in [0.5, 0.6) is 0 Å². The van der Waals surface area contributed by atoms with Crippen LogP contribution in [0.25, 0.3) is 0 Å². The average molecular weight is 499 g/mol. The van der Waals surface area contributed by atoms with Crippen LogP contribution in [-0.2, 0) is 9.53 Å². The number of ether oxygens (including phenoxy) is 1. The van der Waals surface area contributed by atoms with E-state index >= 15 is 0 Å². The van der Waals surface area contributed by atoms with Crippen molar-refractivity contribution in [2.24, 2.45) is 9.98 Å². The topological polar surface area (TPSA) is 83.4 Å². The van der Waals surface area contributed by atoms with E-state index in [9.17, 15) is 9.59 Å². The van der Waals surface area contributed by atoms with Crippen molar-refractivity contribution in [3.05, 3.63) is 52.2 Å². The summed E-state index contributed by atoms with van der Waals surface area (Å²) in [5.41, 5.74) is 1.66. The van der Waals surface area contributed by atoms with Crippen LogP contribution in [0.15, 0.2) is 51.8 Å². The number of benzene rings is 1. The summed E-state index contributed by atoms with van der Waals surface area (Å²) in [6.07, 6.45) is 0.954. The highest BCUT2D eigenvalue weighted by Gasteiger charge is 2.41. The fraction of sp³-hybridized carbons (Fsp3) is 0.440. The zero-order valence-electron chi connectivity index (χ0n) is 20.0. The number of piperidine rings is 1. The number of amides is 2. The average Bonchev–Trinajstić information content (AvgIpc) is 3.42. The van der Waals surface area contributed by atoms with E-state index in [4.69, 9.17) is 14.7 Å². The van der Waals surface area contributed by atoms with Gasteiger partial charge >= 0.3 is 6.09 Å². The summed E-state index contributed by atoms with van der Waals surface area (Å²) >= 11 is 3.02. The van der Waals surface area contributed by atoms with Gasteiger partial charge in [0.25, 0.3) is 0 Å². The molecule has 9 heteroatoms. The molecule has 34 heavy (non-hydrogen) atoms. The quantitative estimate of drug-likeness (QED) is 0.615. The Balaban J connectivity index is 1.43. The lowest BCUT2D eigenvalue weighted by Crippen LogP contribution is -2.46. The highest BCUT2D eigenvalue weighted by Crippen LogP contribution is 2.36. The first-order chi connectivity index (χ1) is 16.1. The van der Waals surface area contributed by atoms with Gasteiger partial charge in [0.15, 0.2) is 5.66 Å². The van der Waals surface area contributed by atoms with Gasteiger partial charge in [-0.1, -0.05) is 35.5 Å². The lowest BCUT2D eigenvalue weighted by Gasteiger charge is -2.36. The number of likely N-dealkylation sites (tertiary alicyclic amines) is 1. The number of anilines is 1. The molecule has 0 saturated carbocycles. The minimum Gasteiger partial charge on any atom is -0.444 e. The number of carbonyl (C=O) groups excluding carboxylic acids is 2. The maximum Gasteiger partial charge on any atom is 0.410 e. The van der Waals surface area contributed by atoms with Gasteiger partial charge in [-0.2, -0.15) is 0 Å². The van der Waals surface area contributed by atoms with Crippen molar-refractivity contribution < 1.29 is 14.3 Å². The molecule has 2 aromatic rings. The van der Waals surface area contributed by atoms with Crippen LogP contribution in [-0.4, -0.2) is 57.8 Å². The number of hydrogen-bond donors (Lipinski definition) is 1. The summed E-state index contributed by atoms with van der Waals surface area (Å²) in [6.45, 7) is 8.69. The molecule has 7 nitrogen and oxygen atoms in total. The van der Waals surface area contributed by atoms with Gasteiger partial charge < -0.3 is 15.0 Å². The molecule has 0 radical (unpaired) electrons. The Kier molecular flexibility index (Phi) is 7.14. The van der Waals surface area contributed by atoms with Crippen LogP contribution in [0, 0.1) is 6.92 Å². The van der Waals surface area contributed by atoms with Gasteiger partial charge in [0.1, 0.15) is 16.4 Å². The molecule has 1 fully saturated rings. The Morgan fingerprint density at radius 1 is 1.15 bits per heavy atom. The summed E-state index contributed by atoms with van der Waals surface area (Å²) in [5.74, 6) is 0.166. The maximum atomic E-state index is 12.6. The molecule has 2 aliphatic heterocycles. The third-order valence-electron chi connectivity index (χ3n) is 5.48. The van der Waals surface area contributed by atoms with Crippen molar-refractivity contribution in [1.29, 1.82) is 0 Å². The minimum absolute atomic E-state index is 0.0808. The van der Waals surface area contributed by atoms with Crippen LogP contribution >= 0.6 is 23.1 Å². The first-order valence-corrected chi connectivity index (χ1v) is 13.2. The van der Waals surface area contributed by atoms with Gasteiger partial charge in [-0.3, -0.25) is 9.79 Å². The van der Waals surface area contributed by atoms with E-state index in [1.165, 1.54) is 11.8 Å². The Bertz CT molecular complexity index is 1090. The van der Waals surface area contributed by atoms with E-state index in [0.29, 0.717) is 25.9 Å². The summed E-state index contributed by atoms with van der Waals surface area (Å²) in [5, 5.41) is 5.74. The van der Waals surface area contributed by atoms with Crippen molar-refractivity contribution in [1.82, 2.24) is 4.90 Å². The maximum absolute atomic E-state index is 12.6. The predicted octanol–water partition coefficient (Wildman–Crippen LogP) is 5.36. The minimum atomic E-state index is -0.590. The molecule has 0 unspecified atom stereocenters. The second-order valence-electron chi connectivity index (χ2n) is 9.51. The van der Waals surface area contributed by atoms with Crippen molar-refractivity contribution in [2.45, 2.75) is 51.8 Å². The largest absolute Gasteiger partial charge is 0.444 e. The smallest absolute Gasteiger partial charge is 0.410 e. The predicted molar refractivity (Wildman–Crippen MR) is 140 cm³/mol. The number of nitrogens with one attached hydrogen (secondary N) is 1. The van der Waals surface area contributed by atoms with E-state index in [1.54, 1.807) is 16.2 Å². The zero-order valence-corrected chi connectivity index (χ0v) is 21.6. The number of carbonyl (C=O) groups is 2. The highest BCUT2D eigenvalue weighted by molar-refractivity contribution is 8.16. The van der Waals surface area contributed by atoms with Gasteiger partial charge in [-0.05, 0) is 51.3 Å². The molecule has 0 bridgehead atoms. The van der Waals surface area contributed by atoms with E-state index in [0.717, 1.165) is 26.9 Å². The Morgan fingerprint density at radius 2 is 1.85 bits per heavy atom. The van der Waals surface area contributed by atoms with Gasteiger partial charge in [0.2, 0.25) is 5.91 Å². The first-order valence-electron chi connectivity index (χ1n) is 11.3. The number of nitrogens with zero attached hydrogens (tertiary/aromatic N) is 3. The second-order valence-corrected chi connectivity index (χ2v) is 11.4. The third-order valence-corrected chi connectivity index (χ3v) is 7.32. The van der Waals surface area contributed by atoms with Crippen LogP contribution in [0.3, 0.4) is 0 Å². The van der Waals surface area contributed by atoms with Crippen molar-refractivity contribution in [3.63, 3.8) is 0 Å². The summed E-state index contributed by atoms with van der Waals surface area (Å²) in [7, 11) is 0. The molecule has 1 aromatic carbocycles. The molecule has 0 atom stereocenters. The van der Waals surface area contributed by atoms with Crippen molar-refractivity contribution in [2.75, 3.05) is 24.2 Å². The summed E-state index contributed by atoms with van der Waals surface area (Å²) < 4.78 is 5.52.